The fourth-order valence-corrected chi connectivity index (χ4v) is 5.71. The molecule has 0 spiro atoms. The molecule has 3 aromatic carbocycles. The summed E-state index contributed by atoms with van der Waals surface area (Å²) in [5, 5.41) is 9.90. The lowest BCUT2D eigenvalue weighted by molar-refractivity contribution is -0.118. The zero-order valence-corrected chi connectivity index (χ0v) is 20.5. The first kappa shape index (κ1) is 23.3. The van der Waals surface area contributed by atoms with Crippen LogP contribution in [-0.4, -0.2) is 17.4 Å². The minimum absolute atomic E-state index is 0.0143. The van der Waals surface area contributed by atoms with Gasteiger partial charge >= 0.3 is 0 Å². The van der Waals surface area contributed by atoms with Gasteiger partial charge in [-0.15, -0.1) is 0 Å². The van der Waals surface area contributed by atoms with Gasteiger partial charge in [-0.1, -0.05) is 92.2 Å². The fraction of sp³-hybridized carbons (Fsp3) is 0.233. The van der Waals surface area contributed by atoms with Crippen LogP contribution in [0, 0.1) is 16.7 Å². The second kappa shape index (κ2) is 8.94. The van der Waals surface area contributed by atoms with E-state index in [0.29, 0.717) is 34.6 Å². The predicted octanol–water partition coefficient (Wildman–Crippen LogP) is 7.06. The smallest absolute Gasteiger partial charge is 0.174 e. The van der Waals surface area contributed by atoms with Gasteiger partial charge in [-0.3, -0.25) is 15.0 Å². The second-order valence-corrected chi connectivity index (χ2v) is 10.5. The highest BCUT2D eigenvalue weighted by Gasteiger charge is 2.50. The summed E-state index contributed by atoms with van der Waals surface area (Å²) in [7, 11) is 0. The van der Waals surface area contributed by atoms with Crippen molar-refractivity contribution in [2.24, 2.45) is 11.3 Å². The lowest BCUT2D eigenvalue weighted by atomic mass is 9.65. The number of anilines is 1. The largest absolute Gasteiger partial charge is 0.302 e. The van der Waals surface area contributed by atoms with E-state index in [0.717, 1.165) is 11.4 Å². The van der Waals surface area contributed by atoms with Gasteiger partial charge in [-0.2, -0.15) is 0 Å². The molecule has 1 heterocycles. The van der Waals surface area contributed by atoms with Gasteiger partial charge in [0, 0.05) is 39.9 Å². The van der Waals surface area contributed by atoms with Crippen LogP contribution in [0.25, 0.3) is 0 Å². The highest BCUT2D eigenvalue weighted by Crippen LogP contribution is 2.51. The zero-order valence-electron chi connectivity index (χ0n) is 19.8. The Morgan fingerprint density at radius 1 is 0.914 bits per heavy atom. The maximum atomic E-state index is 14.0. The van der Waals surface area contributed by atoms with Gasteiger partial charge in [0.05, 0.1) is 5.92 Å². The van der Waals surface area contributed by atoms with E-state index in [1.165, 1.54) is 0 Å². The Kier molecular flexibility index (Phi) is 5.94. The Morgan fingerprint density at radius 2 is 1.51 bits per heavy atom. The monoisotopic (exact) mass is 482 g/mol. The number of Topliss-reactive ketones (excluding diaryl/α,β-unsaturated/α-hetero) is 2. The molecule has 0 bridgehead atoms. The van der Waals surface area contributed by atoms with Crippen molar-refractivity contribution in [1.82, 2.24) is 0 Å². The maximum absolute atomic E-state index is 14.0. The van der Waals surface area contributed by atoms with E-state index >= 15 is 0 Å². The third-order valence-corrected chi connectivity index (χ3v) is 7.29. The van der Waals surface area contributed by atoms with E-state index in [9.17, 15) is 15.0 Å². The minimum Gasteiger partial charge on any atom is -0.302 e. The normalized spacial score (nSPS) is 21.6. The molecule has 5 rings (SSSR count). The van der Waals surface area contributed by atoms with Crippen LogP contribution < -0.4 is 4.90 Å². The molecule has 4 nitrogen and oxygen atoms in total. The van der Waals surface area contributed by atoms with Crippen LogP contribution >= 0.6 is 11.6 Å². The van der Waals surface area contributed by atoms with E-state index in [-0.39, 0.29) is 22.8 Å². The van der Waals surface area contributed by atoms with Crippen molar-refractivity contribution in [3.05, 3.63) is 112 Å². The molecular formula is C30H27ClN2O2. The molecule has 1 aliphatic heterocycles. The number of carbonyl (C=O) groups excluding carboxylic acids is 2. The van der Waals surface area contributed by atoms with E-state index in [2.05, 4.69) is 13.8 Å². The van der Waals surface area contributed by atoms with Crippen molar-refractivity contribution in [2.45, 2.75) is 32.6 Å². The molecule has 5 heteroatoms. The topological polar surface area (TPSA) is 61.2 Å². The molecule has 0 amide bonds. The number of nitrogens with zero attached hydrogens (tertiary/aromatic N) is 1. The van der Waals surface area contributed by atoms with Gasteiger partial charge in [0.2, 0.25) is 0 Å². The number of nitrogens with one attached hydrogen (secondary N) is 1. The Labute approximate surface area is 210 Å². The fourth-order valence-electron chi connectivity index (χ4n) is 5.46. The summed E-state index contributed by atoms with van der Waals surface area (Å²) in [4.78, 5) is 29.7. The quantitative estimate of drug-likeness (QED) is 0.405. The number of halogens is 1. The van der Waals surface area contributed by atoms with E-state index < -0.39 is 11.8 Å². The summed E-state index contributed by atoms with van der Waals surface area (Å²) >= 11 is 6.68. The summed E-state index contributed by atoms with van der Waals surface area (Å²) < 4.78 is 0. The first-order chi connectivity index (χ1) is 16.8. The van der Waals surface area contributed by atoms with E-state index in [1.54, 1.807) is 18.2 Å². The van der Waals surface area contributed by atoms with Crippen molar-refractivity contribution >= 4 is 34.7 Å². The van der Waals surface area contributed by atoms with Crippen molar-refractivity contribution < 1.29 is 9.59 Å². The molecule has 2 atom stereocenters. The van der Waals surface area contributed by atoms with Crippen LogP contribution in [0.1, 0.15) is 48.5 Å². The third-order valence-electron chi connectivity index (χ3n) is 6.94. The summed E-state index contributed by atoms with van der Waals surface area (Å²) in [6.45, 7) is 4.15. The van der Waals surface area contributed by atoms with Gasteiger partial charge in [0.15, 0.2) is 11.6 Å². The molecule has 176 valence electrons. The zero-order chi connectivity index (χ0) is 24.7. The summed E-state index contributed by atoms with van der Waals surface area (Å²) in [6, 6.07) is 26.0. The van der Waals surface area contributed by atoms with Gasteiger partial charge in [0.1, 0.15) is 5.84 Å². The van der Waals surface area contributed by atoms with Crippen molar-refractivity contribution in [3.8, 4) is 0 Å². The van der Waals surface area contributed by atoms with Gasteiger partial charge in [-0.25, -0.2) is 0 Å². The van der Waals surface area contributed by atoms with Crippen molar-refractivity contribution in [1.29, 1.82) is 5.41 Å². The lowest BCUT2D eigenvalue weighted by Crippen LogP contribution is -2.50. The number of amidine groups is 1. The summed E-state index contributed by atoms with van der Waals surface area (Å²) in [5.41, 5.74) is 3.14. The van der Waals surface area contributed by atoms with Crippen molar-refractivity contribution in [2.75, 3.05) is 4.90 Å². The SMILES string of the molecule is CC1(C)CC(=O)C2=C(C1)N(c1ccccc1)C(=N)C(C(=O)c1ccccc1)C2c1ccccc1Cl. The van der Waals surface area contributed by atoms with Gasteiger partial charge in [-0.05, 0) is 35.6 Å². The average molecular weight is 483 g/mol. The summed E-state index contributed by atoms with van der Waals surface area (Å²) in [6.07, 6.45) is 1.01. The molecule has 0 fully saturated rings. The first-order valence-corrected chi connectivity index (χ1v) is 12.2. The van der Waals surface area contributed by atoms with Crippen LogP contribution in [0.2, 0.25) is 5.02 Å². The van der Waals surface area contributed by atoms with E-state index in [4.69, 9.17) is 11.6 Å². The number of para-hydroxylation sites is 1. The Bertz CT molecular complexity index is 1350. The van der Waals surface area contributed by atoms with Crippen LogP contribution in [0.5, 0.6) is 0 Å². The number of ketones is 2. The molecule has 3 aromatic rings. The molecule has 0 aromatic heterocycles. The summed E-state index contributed by atoms with van der Waals surface area (Å²) in [5.74, 6) is -1.52. The molecule has 2 aliphatic rings. The molecule has 0 saturated carbocycles. The number of carbonyl (C=O) groups is 2. The van der Waals surface area contributed by atoms with Crippen LogP contribution in [0.15, 0.2) is 96.2 Å². The number of hydrogen-bond acceptors (Lipinski definition) is 3. The molecule has 35 heavy (non-hydrogen) atoms. The van der Waals surface area contributed by atoms with Gasteiger partial charge < -0.3 is 4.90 Å². The van der Waals surface area contributed by atoms with Crippen LogP contribution in [0.4, 0.5) is 5.69 Å². The number of rotatable bonds is 4. The molecule has 1 aliphatic carbocycles. The predicted molar refractivity (Wildman–Crippen MR) is 140 cm³/mol. The number of hydrogen-bond donors (Lipinski definition) is 1. The molecule has 2 unspecified atom stereocenters. The Morgan fingerprint density at radius 3 is 2.17 bits per heavy atom. The molecule has 1 N–H and O–H groups in total. The van der Waals surface area contributed by atoms with Crippen LogP contribution in [-0.2, 0) is 4.79 Å². The standard InChI is InChI=1S/C30H27ClN2O2/c1-30(2)17-23-26(24(34)18-30)25(21-15-9-10-16-22(21)31)27(28(35)19-11-5-3-6-12-19)29(32)33(23)20-13-7-4-8-14-20/h3-16,25,27,32H,17-18H2,1-2H3. The number of allylic oxidation sites excluding steroid dienone is 2. The average Bonchev–Trinajstić information content (AvgIpc) is 2.84. The van der Waals surface area contributed by atoms with E-state index in [1.807, 2.05) is 71.6 Å². The molecular weight excluding hydrogens is 456 g/mol. The maximum Gasteiger partial charge on any atom is 0.174 e. The van der Waals surface area contributed by atoms with Crippen molar-refractivity contribution in [3.63, 3.8) is 0 Å². The first-order valence-electron chi connectivity index (χ1n) is 11.8. The Hall–Kier alpha value is -3.50. The van der Waals surface area contributed by atoms with Crippen LogP contribution in [0.3, 0.4) is 0 Å². The number of benzene rings is 3. The third kappa shape index (κ3) is 4.12. The lowest BCUT2D eigenvalue weighted by Gasteiger charge is -2.47. The van der Waals surface area contributed by atoms with Gasteiger partial charge in [0.25, 0.3) is 0 Å². The minimum atomic E-state index is -0.888. The second-order valence-electron chi connectivity index (χ2n) is 10.1. The highest BCUT2D eigenvalue weighted by molar-refractivity contribution is 6.32. The molecule has 0 radical (unpaired) electrons. The Balaban J connectivity index is 1.81. The molecule has 0 saturated heterocycles. The highest BCUT2D eigenvalue weighted by atomic mass is 35.5.